The average molecular weight is 248 g/mol. The Morgan fingerprint density at radius 1 is 1.29 bits per heavy atom. The first-order chi connectivity index (χ1) is 8.14. The van der Waals surface area contributed by atoms with Crippen LogP contribution in [0.25, 0.3) is 0 Å². The van der Waals surface area contributed by atoms with Crippen molar-refractivity contribution in [1.82, 2.24) is 0 Å². The lowest BCUT2D eigenvalue weighted by molar-refractivity contribution is -0.112. The molecule has 0 fully saturated rings. The summed E-state index contributed by atoms with van der Waals surface area (Å²) >= 11 is 1.63. The minimum absolute atomic E-state index is 0.280. The molecule has 17 heavy (non-hydrogen) atoms. The van der Waals surface area contributed by atoms with E-state index in [1.807, 2.05) is 24.4 Å². The van der Waals surface area contributed by atoms with Crippen LogP contribution >= 0.6 is 11.3 Å². The highest BCUT2D eigenvalue weighted by molar-refractivity contribution is 7.09. The molecule has 2 aromatic rings. The third kappa shape index (κ3) is 2.61. The van der Waals surface area contributed by atoms with Crippen molar-refractivity contribution in [2.75, 3.05) is 0 Å². The van der Waals surface area contributed by atoms with Crippen LogP contribution in [0.15, 0.2) is 41.8 Å². The fourth-order valence-electron chi connectivity index (χ4n) is 1.82. The van der Waals surface area contributed by atoms with Crippen molar-refractivity contribution in [3.63, 3.8) is 0 Å². The molecule has 1 aromatic carbocycles. The topological polar surface area (TPSA) is 17.1 Å². The number of hydrogen-bond acceptors (Lipinski definition) is 2. The number of aldehydes is 1. The summed E-state index contributed by atoms with van der Waals surface area (Å²) in [5.74, 6) is -0.280. The van der Waals surface area contributed by atoms with Crippen molar-refractivity contribution in [2.45, 2.75) is 18.8 Å². The van der Waals surface area contributed by atoms with Gasteiger partial charge in [-0.05, 0) is 42.5 Å². The van der Waals surface area contributed by atoms with E-state index in [0.717, 1.165) is 16.7 Å². The Bertz CT molecular complexity index is 489. The molecule has 1 nitrogen and oxygen atoms in total. The van der Waals surface area contributed by atoms with Gasteiger partial charge in [0.1, 0.15) is 12.1 Å². The number of carbonyl (C=O) groups is 1. The van der Waals surface area contributed by atoms with Crippen molar-refractivity contribution < 1.29 is 9.18 Å². The lowest BCUT2D eigenvalue weighted by atomic mass is 9.80. The maximum absolute atomic E-state index is 12.9. The minimum Gasteiger partial charge on any atom is -0.302 e. The first-order valence-corrected chi connectivity index (χ1v) is 6.27. The summed E-state index contributed by atoms with van der Waals surface area (Å²) in [4.78, 5) is 12.5. The van der Waals surface area contributed by atoms with Gasteiger partial charge in [0.25, 0.3) is 0 Å². The number of carbonyl (C=O) groups excluding carboxylic acids is 1. The molecule has 0 spiro atoms. The van der Waals surface area contributed by atoms with Crippen LogP contribution in [0.4, 0.5) is 4.39 Å². The normalized spacial score (nSPS) is 14.2. The summed E-state index contributed by atoms with van der Waals surface area (Å²) in [6.45, 7) is 1.88. The van der Waals surface area contributed by atoms with Gasteiger partial charge in [0.2, 0.25) is 0 Å². The second kappa shape index (κ2) is 4.80. The Kier molecular flexibility index (Phi) is 3.38. The molecule has 0 aliphatic heterocycles. The summed E-state index contributed by atoms with van der Waals surface area (Å²) in [5, 5.41) is 1.99. The first-order valence-electron chi connectivity index (χ1n) is 5.39. The minimum atomic E-state index is -0.585. The van der Waals surface area contributed by atoms with Crippen molar-refractivity contribution >= 4 is 17.6 Å². The van der Waals surface area contributed by atoms with Crippen LogP contribution in [-0.4, -0.2) is 6.29 Å². The van der Waals surface area contributed by atoms with Crippen LogP contribution in [0.5, 0.6) is 0 Å². The molecule has 0 N–H and O–H groups in total. The molecule has 0 saturated heterocycles. The van der Waals surface area contributed by atoms with Crippen LogP contribution < -0.4 is 0 Å². The van der Waals surface area contributed by atoms with Crippen LogP contribution in [0.3, 0.4) is 0 Å². The van der Waals surface area contributed by atoms with Gasteiger partial charge in [-0.2, -0.15) is 0 Å². The Labute approximate surface area is 104 Å². The monoisotopic (exact) mass is 248 g/mol. The molecule has 2 rings (SSSR count). The van der Waals surface area contributed by atoms with E-state index in [1.54, 1.807) is 23.5 Å². The van der Waals surface area contributed by atoms with E-state index in [2.05, 4.69) is 0 Å². The zero-order valence-electron chi connectivity index (χ0n) is 9.52. The summed E-state index contributed by atoms with van der Waals surface area (Å²) in [6, 6.07) is 10.1. The van der Waals surface area contributed by atoms with Gasteiger partial charge in [-0.15, -0.1) is 11.3 Å². The van der Waals surface area contributed by atoms with E-state index in [1.165, 1.54) is 12.1 Å². The van der Waals surface area contributed by atoms with Gasteiger partial charge in [-0.3, -0.25) is 0 Å². The van der Waals surface area contributed by atoms with Gasteiger partial charge in [0.05, 0.1) is 5.41 Å². The van der Waals surface area contributed by atoms with Crippen LogP contribution in [0.1, 0.15) is 17.4 Å². The molecule has 1 unspecified atom stereocenters. The van der Waals surface area contributed by atoms with Gasteiger partial charge in [-0.1, -0.05) is 18.2 Å². The molecule has 88 valence electrons. The second-order valence-electron chi connectivity index (χ2n) is 4.30. The van der Waals surface area contributed by atoms with E-state index >= 15 is 0 Å². The molecule has 3 heteroatoms. The molecule has 1 atom stereocenters. The summed E-state index contributed by atoms with van der Waals surface area (Å²) in [6.07, 6.45) is 1.60. The van der Waals surface area contributed by atoms with Crippen molar-refractivity contribution in [1.29, 1.82) is 0 Å². The average Bonchev–Trinajstić information content (AvgIpc) is 2.82. The first kappa shape index (κ1) is 12.0. The highest BCUT2D eigenvalue weighted by atomic mass is 32.1. The van der Waals surface area contributed by atoms with Crippen molar-refractivity contribution in [3.05, 3.63) is 58.0 Å². The van der Waals surface area contributed by atoms with Crippen LogP contribution in [0.2, 0.25) is 0 Å². The van der Waals surface area contributed by atoms with Gasteiger partial charge in [0.15, 0.2) is 0 Å². The highest BCUT2D eigenvalue weighted by Gasteiger charge is 2.26. The standard InChI is InChI=1S/C14H13FOS/c1-14(10-16,9-13-3-2-8-17-13)11-4-6-12(15)7-5-11/h2-8,10H,9H2,1H3. The van der Waals surface area contributed by atoms with Crippen molar-refractivity contribution in [2.24, 2.45) is 0 Å². The van der Waals surface area contributed by atoms with E-state index in [-0.39, 0.29) is 5.82 Å². The molecule has 0 amide bonds. The Balaban J connectivity index is 2.30. The molecule has 0 bridgehead atoms. The number of hydrogen-bond donors (Lipinski definition) is 0. The Morgan fingerprint density at radius 2 is 2.00 bits per heavy atom. The van der Waals surface area contributed by atoms with E-state index in [4.69, 9.17) is 0 Å². The molecule has 0 aliphatic rings. The second-order valence-corrected chi connectivity index (χ2v) is 5.33. The van der Waals surface area contributed by atoms with Gasteiger partial charge < -0.3 is 4.79 Å². The van der Waals surface area contributed by atoms with Gasteiger partial charge in [-0.25, -0.2) is 4.39 Å². The molecule has 0 aliphatic carbocycles. The SMILES string of the molecule is CC(C=O)(Cc1cccs1)c1ccc(F)cc1. The predicted octanol–water partition coefficient (Wildman–Crippen LogP) is 3.59. The fraction of sp³-hybridized carbons (Fsp3) is 0.214. The third-order valence-corrected chi connectivity index (χ3v) is 3.76. The summed E-state index contributed by atoms with van der Waals surface area (Å²) in [7, 11) is 0. The van der Waals surface area contributed by atoms with Crippen LogP contribution in [-0.2, 0) is 16.6 Å². The summed E-state index contributed by atoms with van der Waals surface area (Å²) in [5.41, 5.74) is 0.265. The molecule has 1 heterocycles. The largest absolute Gasteiger partial charge is 0.302 e. The van der Waals surface area contributed by atoms with Crippen LogP contribution in [0, 0.1) is 5.82 Å². The smallest absolute Gasteiger partial charge is 0.130 e. The fourth-order valence-corrected chi connectivity index (χ4v) is 2.69. The van der Waals surface area contributed by atoms with E-state index in [0.29, 0.717) is 6.42 Å². The quantitative estimate of drug-likeness (QED) is 0.756. The number of benzene rings is 1. The number of thiophene rings is 1. The Hall–Kier alpha value is -1.48. The maximum Gasteiger partial charge on any atom is 0.130 e. The molecule has 0 saturated carbocycles. The zero-order chi connectivity index (χ0) is 12.3. The van der Waals surface area contributed by atoms with E-state index < -0.39 is 5.41 Å². The molecular formula is C14H13FOS. The summed E-state index contributed by atoms with van der Waals surface area (Å²) < 4.78 is 12.9. The molecule has 1 aromatic heterocycles. The van der Waals surface area contributed by atoms with Gasteiger partial charge >= 0.3 is 0 Å². The number of halogens is 1. The number of rotatable bonds is 4. The molecule has 0 radical (unpaired) electrons. The van der Waals surface area contributed by atoms with E-state index in [9.17, 15) is 9.18 Å². The van der Waals surface area contributed by atoms with Gasteiger partial charge in [0, 0.05) is 4.88 Å². The molecular weight excluding hydrogens is 235 g/mol. The lowest BCUT2D eigenvalue weighted by Gasteiger charge is -2.22. The predicted molar refractivity (Wildman–Crippen MR) is 67.8 cm³/mol. The Morgan fingerprint density at radius 3 is 2.53 bits per heavy atom. The van der Waals surface area contributed by atoms with Crippen molar-refractivity contribution in [3.8, 4) is 0 Å². The highest BCUT2D eigenvalue weighted by Crippen LogP contribution is 2.28. The zero-order valence-corrected chi connectivity index (χ0v) is 10.3. The lowest BCUT2D eigenvalue weighted by Crippen LogP contribution is -2.26. The maximum atomic E-state index is 12.9. The third-order valence-electron chi connectivity index (χ3n) is 2.89.